The molecule has 2 aromatic heterocycles. The van der Waals surface area contributed by atoms with Crippen molar-refractivity contribution in [3.05, 3.63) is 41.1 Å². The molecule has 0 atom stereocenters. The average Bonchev–Trinajstić information content (AvgIpc) is 3.21. The molecule has 5 heteroatoms. The third-order valence-corrected chi connectivity index (χ3v) is 4.10. The number of phenolic OH excluding ortho intramolecular Hbond substituents is 1. The molecule has 2 heterocycles. The van der Waals surface area contributed by atoms with E-state index in [1.54, 1.807) is 18.5 Å². The number of imidazole rings is 1. The lowest BCUT2D eigenvalue weighted by Gasteiger charge is -2.09. The zero-order chi connectivity index (χ0) is 13.7. The summed E-state index contributed by atoms with van der Waals surface area (Å²) in [6, 6.07) is 7.89. The summed E-state index contributed by atoms with van der Waals surface area (Å²) in [6.45, 7) is 0. The van der Waals surface area contributed by atoms with Crippen molar-refractivity contribution >= 4 is 27.0 Å². The van der Waals surface area contributed by atoms with Crippen LogP contribution in [0.4, 0.5) is 0 Å². The summed E-state index contributed by atoms with van der Waals surface area (Å²) in [5, 5.41) is 10.2. The molecule has 1 aliphatic carbocycles. The van der Waals surface area contributed by atoms with Crippen LogP contribution in [0, 0.1) is 0 Å². The zero-order valence-corrected chi connectivity index (χ0v) is 12.2. The molecule has 3 aromatic rings. The molecular weight excluding hydrogens is 318 g/mol. The molecule has 1 fully saturated rings. The number of rotatable bonds is 2. The number of halogens is 1. The highest BCUT2D eigenvalue weighted by atomic mass is 79.9. The molecule has 1 N–H and O–H groups in total. The van der Waals surface area contributed by atoms with Crippen LogP contribution < -0.4 is 0 Å². The van der Waals surface area contributed by atoms with Crippen molar-refractivity contribution in [3.63, 3.8) is 0 Å². The van der Waals surface area contributed by atoms with Gasteiger partial charge in [-0.3, -0.25) is 4.98 Å². The summed E-state index contributed by atoms with van der Waals surface area (Å²) in [4.78, 5) is 8.80. The molecule has 0 unspecified atom stereocenters. The summed E-state index contributed by atoms with van der Waals surface area (Å²) in [7, 11) is 0. The van der Waals surface area contributed by atoms with Gasteiger partial charge in [0.25, 0.3) is 0 Å². The fourth-order valence-electron chi connectivity index (χ4n) is 2.53. The first-order valence-corrected chi connectivity index (χ1v) is 7.34. The average molecular weight is 330 g/mol. The fraction of sp³-hybridized carbons (Fsp3) is 0.200. The Balaban J connectivity index is 2.03. The summed E-state index contributed by atoms with van der Waals surface area (Å²) in [5.74, 6) is 1.06. The van der Waals surface area contributed by atoms with Crippen LogP contribution in [0.5, 0.6) is 5.75 Å². The molecule has 20 heavy (non-hydrogen) atoms. The third kappa shape index (κ3) is 1.81. The van der Waals surface area contributed by atoms with E-state index in [2.05, 4.69) is 30.5 Å². The second kappa shape index (κ2) is 4.31. The van der Waals surface area contributed by atoms with Crippen LogP contribution in [0.2, 0.25) is 0 Å². The van der Waals surface area contributed by atoms with E-state index in [1.807, 2.05) is 18.2 Å². The van der Waals surface area contributed by atoms with Crippen LogP contribution >= 0.6 is 15.9 Å². The van der Waals surface area contributed by atoms with E-state index in [4.69, 9.17) is 0 Å². The lowest BCUT2D eigenvalue weighted by atomic mass is 10.2. The van der Waals surface area contributed by atoms with Gasteiger partial charge in [-0.15, -0.1) is 0 Å². The maximum Gasteiger partial charge on any atom is 0.145 e. The number of hydrogen-bond acceptors (Lipinski definition) is 3. The number of nitrogens with zero attached hydrogens (tertiary/aromatic N) is 3. The van der Waals surface area contributed by atoms with Gasteiger partial charge in [0, 0.05) is 16.7 Å². The van der Waals surface area contributed by atoms with Crippen molar-refractivity contribution in [1.82, 2.24) is 14.5 Å². The number of fused-ring (bicyclic) bond motifs is 1. The Morgan fingerprint density at radius 1 is 1.25 bits per heavy atom. The van der Waals surface area contributed by atoms with Crippen molar-refractivity contribution in [2.75, 3.05) is 0 Å². The van der Waals surface area contributed by atoms with Gasteiger partial charge in [0.15, 0.2) is 0 Å². The Morgan fingerprint density at radius 3 is 2.90 bits per heavy atom. The van der Waals surface area contributed by atoms with Crippen LogP contribution in [0.1, 0.15) is 18.9 Å². The van der Waals surface area contributed by atoms with Crippen molar-refractivity contribution in [2.45, 2.75) is 18.9 Å². The predicted molar refractivity (Wildman–Crippen MR) is 80.6 cm³/mol. The predicted octanol–water partition coefficient (Wildman–Crippen LogP) is 3.90. The van der Waals surface area contributed by atoms with Crippen molar-refractivity contribution in [2.24, 2.45) is 0 Å². The maximum atomic E-state index is 10.2. The molecule has 1 aromatic carbocycles. The summed E-state index contributed by atoms with van der Waals surface area (Å²) >= 11 is 3.45. The molecule has 1 aliphatic rings. The number of aromatic hydroxyl groups is 1. The second-order valence-corrected chi connectivity index (χ2v) is 5.98. The maximum absolute atomic E-state index is 10.2. The number of phenols is 1. The summed E-state index contributed by atoms with van der Waals surface area (Å²) in [6.07, 6.45) is 5.88. The van der Waals surface area contributed by atoms with E-state index in [0.717, 1.165) is 39.7 Å². The van der Waals surface area contributed by atoms with Crippen LogP contribution in [0.3, 0.4) is 0 Å². The van der Waals surface area contributed by atoms with Gasteiger partial charge in [-0.05, 0) is 37.1 Å². The van der Waals surface area contributed by atoms with Crippen molar-refractivity contribution < 1.29 is 5.11 Å². The second-order valence-electron chi connectivity index (χ2n) is 5.06. The van der Waals surface area contributed by atoms with Gasteiger partial charge in [-0.1, -0.05) is 15.9 Å². The zero-order valence-electron chi connectivity index (χ0n) is 10.6. The monoisotopic (exact) mass is 329 g/mol. The van der Waals surface area contributed by atoms with Gasteiger partial charge < -0.3 is 9.67 Å². The normalized spacial score (nSPS) is 14.8. The quantitative estimate of drug-likeness (QED) is 0.775. The topological polar surface area (TPSA) is 50.9 Å². The number of pyridine rings is 1. The molecule has 0 aliphatic heterocycles. The van der Waals surface area contributed by atoms with E-state index < -0.39 is 0 Å². The molecule has 0 spiro atoms. The first-order valence-electron chi connectivity index (χ1n) is 6.55. The van der Waals surface area contributed by atoms with Gasteiger partial charge in [-0.2, -0.15) is 0 Å². The molecule has 4 nitrogen and oxygen atoms in total. The Morgan fingerprint density at radius 2 is 2.10 bits per heavy atom. The molecule has 0 bridgehead atoms. The lowest BCUT2D eigenvalue weighted by molar-refractivity contribution is 0.476. The van der Waals surface area contributed by atoms with E-state index in [9.17, 15) is 5.11 Å². The molecular formula is C15H12BrN3O. The minimum atomic E-state index is 0.248. The van der Waals surface area contributed by atoms with E-state index >= 15 is 0 Å². The first kappa shape index (κ1) is 11.9. The Kier molecular flexibility index (Phi) is 2.57. The summed E-state index contributed by atoms with van der Waals surface area (Å²) in [5.41, 5.74) is 2.70. The van der Waals surface area contributed by atoms with Crippen LogP contribution in [0.25, 0.3) is 22.4 Å². The lowest BCUT2D eigenvalue weighted by Crippen LogP contribution is -1.97. The SMILES string of the molecule is Oc1ccc(Br)cc1-c1nc2cnccc2n1C1CC1. The molecule has 100 valence electrons. The van der Waals surface area contributed by atoms with Gasteiger partial charge >= 0.3 is 0 Å². The van der Waals surface area contributed by atoms with Crippen molar-refractivity contribution in [3.8, 4) is 17.1 Å². The summed E-state index contributed by atoms with van der Waals surface area (Å²) < 4.78 is 3.15. The highest BCUT2D eigenvalue weighted by molar-refractivity contribution is 9.10. The third-order valence-electron chi connectivity index (χ3n) is 3.60. The first-order chi connectivity index (χ1) is 9.74. The minimum Gasteiger partial charge on any atom is -0.507 e. The molecule has 4 rings (SSSR count). The van der Waals surface area contributed by atoms with Gasteiger partial charge in [0.1, 0.15) is 17.1 Å². The van der Waals surface area contributed by atoms with E-state index in [0.29, 0.717) is 6.04 Å². The number of hydrogen-bond donors (Lipinski definition) is 1. The Labute approximate surface area is 124 Å². The molecule has 0 saturated heterocycles. The molecule has 1 saturated carbocycles. The van der Waals surface area contributed by atoms with Crippen LogP contribution in [-0.2, 0) is 0 Å². The molecule has 0 radical (unpaired) electrons. The smallest absolute Gasteiger partial charge is 0.145 e. The highest BCUT2D eigenvalue weighted by Crippen LogP contribution is 2.43. The van der Waals surface area contributed by atoms with E-state index in [-0.39, 0.29) is 5.75 Å². The largest absolute Gasteiger partial charge is 0.507 e. The Hall–Kier alpha value is -1.88. The van der Waals surface area contributed by atoms with Gasteiger partial charge in [0.2, 0.25) is 0 Å². The fourth-order valence-corrected chi connectivity index (χ4v) is 2.89. The van der Waals surface area contributed by atoms with E-state index in [1.165, 1.54) is 0 Å². The van der Waals surface area contributed by atoms with Gasteiger partial charge in [-0.25, -0.2) is 4.98 Å². The molecule has 0 amide bonds. The van der Waals surface area contributed by atoms with Gasteiger partial charge in [0.05, 0.1) is 17.3 Å². The minimum absolute atomic E-state index is 0.248. The number of aromatic nitrogens is 3. The highest BCUT2D eigenvalue weighted by Gasteiger charge is 2.29. The van der Waals surface area contributed by atoms with Crippen LogP contribution in [-0.4, -0.2) is 19.6 Å². The number of benzene rings is 1. The standard InChI is InChI=1S/C15H12BrN3O/c16-9-1-4-14(20)11(7-9)15-18-12-8-17-6-5-13(12)19(15)10-2-3-10/h1,4-8,10,20H,2-3H2. The van der Waals surface area contributed by atoms with Crippen LogP contribution in [0.15, 0.2) is 41.1 Å². The Bertz CT molecular complexity index is 808. The van der Waals surface area contributed by atoms with Crippen molar-refractivity contribution in [1.29, 1.82) is 0 Å².